The molecule has 1 aliphatic rings. The quantitative estimate of drug-likeness (QED) is 0.605. The minimum Gasteiger partial charge on any atom is -0.314 e. The van der Waals surface area contributed by atoms with Crippen LogP contribution in [0.3, 0.4) is 0 Å². The zero-order valence-electron chi connectivity index (χ0n) is 11.2. The summed E-state index contributed by atoms with van der Waals surface area (Å²) in [7, 11) is 0. The van der Waals surface area contributed by atoms with Crippen molar-refractivity contribution in [3.05, 3.63) is 35.6 Å². The van der Waals surface area contributed by atoms with Gasteiger partial charge in [-0.15, -0.1) is 0 Å². The van der Waals surface area contributed by atoms with Gasteiger partial charge in [-0.2, -0.15) is 13.2 Å². The normalized spacial score (nSPS) is 22.6. The third-order valence-electron chi connectivity index (χ3n) is 3.80. The van der Waals surface area contributed by atoms with E-state index >= 15 is 0 Å². The van der Waals surface area contributed by atoms with Crippen LogP contribution in [-0.2, 0) is 0 Å². The molecule has 0 saturated heterocycles. The molecule has 5 heteroatoms. The van der Waals surface area contributed by atoms with E-state index in [1.807, 2.05) is 0 Å². The fraction of sp³-hybridized carbons (Fsp3) is 0.600. The van der Waals surface area contributed by atoms with Gasteiger partial charge in [0.05, 0.1) is 0 Å². The monoisotopic (exact) mass is 289 g/mol. The minimum absolute atomic E-state index is 0.185. The van der Waals surface area contributed by atoms with Gasteiger partial charge in [0.1, 0.15) is 5.82 Å². The van der Waals surface area contributed by atoms with Crippen molar-refractivity contribution in [3.8, 4) is 0 Å². The van der Waals surface area contributed by atoms with Crippen LogP contribution in [0.5, 0.6) is 0 Å². The lowest BCUT2D eigenvalue weighted by Crippen LogP contribution is -2.40. The summed E-state index contributed by atoms with van der Waals surface area (Å²) < 4.78 is 48.6. The predicted molar refractivity (Wildman–Crippen MR) is 70.1 cm³/mol. The lowest BCUT2D eigenvalue weighted by atomic mass is 9.76. The highest BCUT2D eigenvalue weighted by atomic mass is 19.4. The Morgan fingerprint density at radius 2 is 1.70 bits per heavy atom. The van der Waals surface area contributed by atoms with Crippen molar-refractivity contribution >= 4 is 0 Å². The van der Waals surface area contributed by atoms with E-state index in [4.69, 9.17) is 0 Å². The topological polar surface area (TPSA) is 12.0 Å². The van der Waals surface area contributed by atoms with Crippen LogP contribution in [0.1, 0.15) is 43.6 Å². The average Bonchev–Trinajstić information content (AvgIpc) is 2.31. The van der Waals surface area contributed by atoms with Crippen molar-refractivity contribution in [1.82, 2.24) is 5.32 Å². The molecule has 112 valence electrons. The van der Waals surface area contributed by atoms with Crippen molar-refractivity contribution in [2.75, 3.05) is 6.54 Å². The highest BCUT2D eigenvalue weighted by Crippen LogP contribution is 2.36. The molecule has 1 aliphatic carbocycles. The minimum atomic E-state index is -4.04. The molecule has 0 unspecified atom stereocenters. The van der Waals surface area contributed by atoms with Gasteiger partial charge >= 0.3 is 6.18 Å². The fourth-order valence-corrected chi connectivity index (χ4v) is 2.55. The van der Waals surface area contributed by atoms with E-state index in [1.54, 1.807) is 12.1 Å². The van der Waals surface area contributed by atoms with E-state index < -0.39 is 12.6 Å². The second-order valence-electron chi connectivity index (χ2n) is 5.44. The van der Waals surface area contributed by atoms with E-state index in [0.29, 0.717) is 24.9 Å². The Morgan fingerprint density at radius 1 is 1.05 bits per heavy atom. The maximum atomic E-state index is 12.8. The van der Waals surface area contributed by atoms with Crippen molar-refractivity contribution in [3.63, 3.8) is 0 Å². The van der Waals surface area contributed by atoms with E-state index in [2.05, 4.69) is 5.32 Å². The number of benzene rings is 1. The molecule has 1 N–H and O–H groups in total. The molecule has 0 amide bonds. The van der Waals surface area contributed by atoms with Crippen LogP contribution in [0.25, 0.3) is 0 Å². The molecular formula is C15H19F4N. The average molecular weight is 289 g/mol. The molecule has 1 saturated carbocycles. The lowest BCUT2D eigenvalue weighted by Gasteiger charge is -2.36. The molecule has 0 bridgehead atoms. The van der Waals surface area contributed by atoms with E-state index in [0.717, 1.165) is 18.4 Å². The third kappa shape index (κ3) is 4.78. The summed E-state index contributed by atoms with van der Waals surface area (Å²) in [6, 6.07) is 6.93. The van der Waals surface area contributed by atoms with Gasteiger partial charge in [-0.1, -0.05) is 12.1 Å². The van der Waals surface area contributed by atoms with Crippen LogP contribution in [0, 0.1) is 5.82 Å². The number of unbranched alkanes of at least 4 members (excludes halogenated alkanes) is 1. The molecule has 1 nitrogen and oxygen atoms in total. The number of rotatable bonds is 6. The smallest absolute Gasteiger partial charge is 0.314 e. The van der Waals surface area contributed by atoms with Crippen LogP contribution in [0.15, 0.2) is 24.3 Å². The first-order valence-corrected chi connectivity index (χ1v) is 6.99. The van der Waals surface area contributed by atoms with Gasteiger partial charge in [-0.3, -0.25) is 0 Å². The summed E-state index contributed by atoms with van der Waals surface area (Å²) in [6.45, 7) is 0.636. The summed E-state index contributed by atoms with van der Waals surface area (Å²) >= 11 is 0. The summed E-state index contributed by atoms with van der Waals surface area (Å²) in [5.74, 6) is 0.218. The largest absolute Gasteiger partial charge is 0.389 e. The molecular weight excluding hydrogens is 270 g/mol. The fourth-order valence-electron chi connectivity index (χ4n) is 2.55. The standard InChI is InChI=1S/C15H19F4N/c16-13-5-3-11(4-6-13)12-9-14(10-12)20-8-2-1-7-15(17,18)19/h3-6,12,14,20H,1-2,7-10H2. The van der Waals surface area contributed by atoms with Crippen LogP contribution < -0.4 is 5.32 Å². The Bertz CT molecular complexity index is 407. The van der Waals surface area contributed by atoms with Crippen LogP contribution in [-0.4, -0.2) is 18.8 Å². The maximum absolute atomic E-state index is 12.8. The highest BCUT2D eigenvalue weighted by molar-refractivity contribution is 5.23. The van der Waals surface area contributed by atoms with Gasteiger partial charge in [0.15, 0.2) is 0 Å². The third-order valence-corrected chi connectivity index (χ3v) is 3.80. The molecule has 0 atom stereocenters. The first-order valence-electron chi connectivity index (χ1n) is 6.99. The number of alkyl halides is 3. The summed E-state index contributed by atoms with van der Waals surface area (Å²) in [5.41, 5.74) is 1.14. The van der Waals surface area contributed by atoms with Crippen molar-refractivity contribution in [1.29, 1.82) is 0 Å². The van der Waals surface area contributed by atoms with Gasteiger partial charge < -0.3 is 5.32 Å². The second-order valence-corrected chi connectivity index (χ2v) is 5.44. The number of nitrogens with one attached hydrogen (secondary N) is 1. The first kappa shape index (κ1) is 15.3. The van der Waals surface area contributed by atoms with Gasteiger partial charge in [0, 0.05) is 12.5 Å². The number of hydrogen-bond acceptors (Lipinski definition) is 1. The lowest BCUT2D eigenvalue weighted by molar-refractivity contribution is -0.135. The first-order chi connectivity index (χ1) is 9.44. The number of hydrogen-bond donors (Lipinski definition) is 1. The van der Waals surface area contributed by atoms with E-state index in [1.165, 1.54) is 12.1 Å². The van der Waals surface area contributed by atoms with Crippen molar-refractivity contribution in [2.45, 2.75) is 50.2 Å². The van der Waals surface area contributed by atoms with E-state index in [-0.39, 0.29) is 12.2 Å². The molecule has 1 fully saturated rings. The molecule has 0 heterocycles. The van der Waals surface area contributed by atoms with Gasteiger partial charge in [-0.25, -0.2) is 4.39 Å². The van der Waals surface area contributed by atoms with Crippen molar-refractivity contribution in [2.24, 2.45) is 0 Å². The van der Waals surface area contributed by atoms with E-state index in [9.17, 15) is 17.6 Å². The molecule has 0 aliphatic heterocycles. The molecule has 20 heavy (non-hydrogen) atoms. The SMILES string of the molecule is Fc1ccc(C2CC(NCCCCC(F)(F)F)C2)cc1. The predicted octanol–water partition coefficient (Wildman–Crippen LogP) is 4.39. The molecule has 0 spiro atoms. The van der Waals surface area contributed by atoms with Crippen LogP contribution in [0.2, 0.25) is 0 Å². The molecule has 2 rings (SSSR count). The second kappa shape index (κ2) is 6.57. The molecule has 0 radical (unpaired) electrons. The summed E-state index contributed by atoms with van der Waals surface area (Å²) in [6.07, 6.45) is -2.04. The molecule has 0 aromatic heterocycles. The Morgan fingerprint density at radius 3 is 2.30 bits per heavy atom. The molecule has 1 aromatic carbocycles. The zero-order chi connectivity index (χ0) is 14.6. The van der Waals surface area contributed by atoms with Crippen LogP contribution in [0.4, 0.5) is 17.6 Å². The summed E-state index contributed by atoms with van der Waals surface area (Å²) in [5, 5.41) is 3.28. The van der Waals surface area contributed by atoms with Crippen molar-refractivity contribution < 1.29 is 17.6 Å². The van der Waals surface area contributed by atoms with Gasteiger partial charge in [0.2, 0.25) is 0 Å². The zero-order valence-corrected chi connectivity index (χ0v) is 11.2. The number of halogens is 4. The highest BCUT2D eigenvalue weighted by Gasteiger charge is 2.30. The van der Waals surface area contributed by atoms with Gasteiger partial charge in [-0.05, 0) is 55.8 Å². The molecule has 1 aromatic rings. The summed E-state index contributed by atoms with van der Waals surface area (Å²) in [4.78, 5) is 0. The Hall–Kier alpha value is -1.10. The Balaban J connectivity index is 1.57. The Kier molecular flexibility index (Phi) is 5.02. The van der Waals surface area contributed by atoms with Gasteiger partial charge in [0.25, 0.3) is 0 Å². The maximum Gasteiger partial charge on any atom is 0.389 e. The Labute approximate surface area is 116 Å². The van der Waals surface area contributed by atoms with Crippen LogP contribution >= 0.6 is 0 Å².